The van der Waals surface area contributed by atoms with E-state index in [1.165, 1.54) is 18.2 Å². The molecular formula is C21H22ClFN4O3. The third kappa shape index (κ3) is 3.50. The van der Waals surface area contributed by atoms with Gasteiger partial charge in [-0.25, -0.2) is 13.9 Å². The molecule has 2 aromatic heterocycles. The number of nitrogens with zero attached hydrogens (tertiary/aromatic N) is 4. The van der Waals surface area contributed by atoms with E-state index in [4.69, 9.17) is 16.3 Å². The quantitative estimate of drug-likeness (QED) is 0.669. The predicted molar refractivity (Wildman–Crippen MR) is 109 cm³/mol. The summed E-state index contributed by atoms with van der Waals surface area (Å²) in [6.45, 7) is 6.29. The fraction of sp³-hybridized carbons (Fsp3) is 0.381. The molecule has 0 fully saturated rings. The van der Waals surface area contributed by atoms with Crippen LogP contribution in [0.3, 0.4) is 0 Å². The molecule has 9 heteroatoms. The molecule has 0 radical (unpaired) electrons. The first-order valence-corrected chi connectivity index (χ1v) is 10.0. The van der Waals surface area contributed by atoms with Crippen LogP contribution in [0.4, 0.5) is 4.39 Å². The second kappa shape index (κ2) is 7.85. The first-order valence-electron chi connectivity index (χ1n) is 9.65. The maximum atomic E-state index is 13.8. The highest BCUT2D eigenvalue weighted by Gasteiger charge is 2.31. The van der Waals surface area contributed by atoms with Gasteiger partial charge in [0, 0.05) is 24.2 Å². The van der Waals surface area contributed by atoms with Crippen molar-refractivity contribution in [3.8, 4) is 5.75 Å². The Kier molecular flexibility index (Phi) is 5.38. The van der Waals surface area contributed by atoms with Gasteiger partial charge in [-0.05, 0) is 26.0 Å². The van der Waals surface area contributed by atoms with Gasteiger partial charge in [-0.1, -0.05) is 18.5 Å². The Hall–Kier alpha value is -2.71. The molecule has 0 saturated heterocycles. The average Bonchev–Trinajstić information content (AvgIpc) is 3.29. The summed E-state index contributed by atoms with van der Waals surface area (Å²) in [5.74, 6) is -0.742. The topological polar surface area (TPSA) is 80.0 Å². The normalized spacial score (nSPS) is 14.3. The summed E-state index contributed by atoms with van der Waals surface area (Å²) in [6, 6.07) is 3.85. The van der Waals surface area contributed by atoms with Crippen molar-refractivity contribution in [2.75, 3.05) is 13.2 Å². The number of amides is 1. The molecule has 0 spiro atoms. The lowest BCUT2D eigenvalue weighted by Crippen LogP contribution is -2.27. The molecule has 1 amide bonds. The zero-order valence-electron chi connectivity index (χ0n) is 16.9. The molecule has 1 atom stereocenters. The molecule has 0 saturated carbocycles. The fourth-order valence-corrected chi connectivity index (χ4v) is 3.63. The third-order valence-electron chi connectivity index (χ3n) is 5.25. The molecule has 30 heavy (non-hydrogen) atoms. The lowest BCUT2D eigenvalue weighted by Gasteiger charge is -2.19. The van der Waals surface area contributed by atoms with Crippen molar-refractivity contribution in [2.45, 2.75) is 33.9 Å². The zero-order chi connectivity index (χ0) is 21.6. The monoisotopic (exact) mass is 432 g/mol. The van der Waals surface area contributed by atoms with Crippen molar-refractivity contribution >= 4 is 23.2 Å². The minimum atomic E-state index is -0.493. The second-order valence-electron chi connectivity index (χ2n) is 7.66. The van der Waals surface area contributed by atoms with E-state index >= 15 is 0 Å². The van der Waals surface area contributed by atoms with Crippen molar-refractivity contribution in [2.24, 2.45) is 5.92 Å². The number of aliphatic hydroxyl groups is 1. The van der Waals surface area contributed by atoms with Gasteiger partial charge >= 0.3 is 0 Å². The number of aliphatic hydroxyl groups excluding tert-OH is 1. The minimum Gasteiger partial charge on any atom is -0.492 e. The molecular weight excluding hydrogens is 411 g/mol. The third-order valence-corrected chi connectivity index (χ3v) is 5.80. The molecule has 1 N–H and O–H groups in total. The highest BCUT2D eigenvalue weighted by atomic mass is 35.5. The number of halogens is 2. The molecule has 7 nitrogen and oxygen atoms in total. The molecule has 0 bridgehead atoms. The van der Waals surface area contributed by atoms with Gasteiger partial charge in [0.05, 0.1) is 47.4 Å². The number of rotatable bonds is 5. The summed E-state index contributed by atoms with van der Waals surface area (Å²) < 4.78 is 21.1. The van der Waals surface area contributed by atoms with Crippen molar-refractivity contribution in [1.29, 1.82) is 0 Å². The molecule has 3 aromatic rings. The summed E-state index contributed by atoms with van der Waals surface area (Å²) >= 11 is 6.28. The molecule has 1 aromatic carbocycles. The SMILES string of the molecule is Cc1nc2c3c(nn2c(C)c1Cl)CN(C(=O)c1ccc(F)cc1OC[C@@H](C)CO)C3. The Morgan fingerprint density at radius 3 is 2.87 bits per heavy atom. The number of ether oxygens (including phenoxy) is 1. The molecule has 0 unspecified atom stereocenters. The summed E-state index contributed by atoms with van der Waals surface area (Å²) in [6.07, 6.45) is 0. The van der Waals surface area contributed by atoms with E-state index in [9.17, 15) is 14.3 Å². The van der Waals surface area contributed by atoms with Crippen molar-refractivity contribution in [1.82, 2.24) is 19.5 Å². The highest BCUT2D eigenvalue weighted by molar-refractivity contribution is 6.31. The molecule has 1 aliphatic rings. The summed E-state index contributed by atoms with van der Waals surface area (Å²) in [5.41, 5.74) is 4.11. The van der Waals surface area contributed by atoms with E-state index in [2.05, 4.69) is 10.1 Å². The van der Waals surface area contributed by atoms with Crippen LogP contribution in [-0.4, -0.2) is 43.7 Å². The van der Waals surface area contributed by atoms with Gasteiger partial charge in [-0.3, -0.25) is 4.79 Å². The van der Waals surface area contributed by atoms with Crippen LogP contribution in [0, 0.1) is 25.6 Å². The largest absolute Gasteiger partial charge is 0.492 e. The van der Waals surface area contributed by atoms with Gasteiger partial charge in [0.15, 0.2) is 5.65 Å². The maximum Gasteiger partial charge on any atom is 0.258 e. The molecule has 3 heterocycles. The van der Waals surface area contributed by atoms with Crippen molar-refractivity contribution in [3.63, 3.8) is 0 Å². The summed E-state index contributed by atoms with van der Waals surface area (Å²) in [7, 11) is 0. The molecule has 158 valence electrons. The van der Waals surface area contributed by atoms with Crippen LogP contribution >= 0.6 is 11.6 Å². The van der Waals surface area contributed by atoms with Crippen LogP contribution < -0.4 is 4.74 Å². The Bertz CT molecular complexity index is 1150. The van der Waals surface area contributed by atoms with E-state index in [-0.39, 0.29) is 36.4 Å². The second-order valence-corrected chi connectivity index (χ2v) is 8.04. The standard InChI is InChI=1S/C21H22ClFN4O3/c1-11(9-28)10-30-18-6-14(23)4-5-15(18)21(29)26-7-16-17(8-26)25-27-13(3)19(22)12(2)24-20(16)27/h4-6,11,28H,7-10H2,1-3H3/t11-/m0/s1. The molecule has 1 aliphatic heterocycles. The Labute approximate surface area is 178 Å². The molecule has 4 rings (SSSR count). The lowest BCUT2D eigenvalue weighted by molar-refractivity contribution is 0.0743. The van der Waals surface area contributed by atoms with E-state index in [1.54, 1.807) is 16.3 Å². The van der Waals surface area contributed by atoms with Gasteiger partial charge in [-0.2, -0.15) is 5.10 Å². The fourth-order valence-electron chi connectivity index (χ4n) is 3.50. The van der Waals surface area contributed by atoms with Crippen LogP contribution in [0.15, 0.2) is 18.2 Å². The Balaban J connectivity index is 1.62. The van der Waals surface area contributed by atoms with Crippen LogP contribution in [0.25, 0.3) is 5.65 Å². The predicted octanol–water partition coefficient (Wildman–Crippen LogP) is 3.30. The average molecular weight is 433 g/mol. The number of carbonyl (C=O) groups excluding carboxylic acids is 1. The van der Waals surface area contributed by atoms with Crippen LogP contribution in [-0.2, 0) is 13.1 Å². The first-order chi connectivity index (χ1) is 14.3. The Morgan fingerprint density at radius 2 is 2.13 bits per heavy atom. The van der Waals surface area contributed by atoms with Gasteiger partial charge in [0.2, 0.25) is 0 Å². The van der Waals surface area contributed by atoms with Gasteiger partial charge in [0.1, 0.15) is 11.6 Å². The van der Waals surface area contributed by atoms with Crippen molar-refractivity contribution < 1.29 is 19.0 Å². The highest BCUT2D eigenvalue weighted by Crippen LogP contribution is 2.31. The van der Waals surface area contributed by atoms with Gasteiger partial charge < -0.3 is 14.7 Å². The molecule has 0 aliphatic carbocycles. The number of hydrogen-bond acceptors (Lipinski definition) is 5. The van der Waals surface area contributed by atoms with Crippen LogP contribution in [0.1, 0.15) is 39.9 Å². The minimum absolute atomic E-state index is 0.0597. The van der Waals surface area contributed by atoms with Crippen LogP contribution in [0.5, 0.6) is 5.75 Å². The van der Waals surface area contributed by atoms with Gasteiger partial charge in [0.25, 0.3) is 5.91 Å². The first kappa shape index (κ1) is 20.6. The number of aromatic nitrogens is 3. The number of fused-ring (bicyclic) bond motifs is 3. The van der Waals surface area contributed by atoms with E-state index < -0.39 is 5.82 Å². The summed E-state index contributed by atoms with van der Waals surface area (Å²) in [4.78, 5) is 19.4. The van der Waals surface area contributed by atoms with E-state index in [0.717, 1.165) is 17.0 Å². The lowest BCUT2D eigenvalue weighted by atomic mass is 10.1. The number of benzene rings is 1. The van der Waals surface area contributed by atoms with E-state index in [0.29, 0.717) is 29.5 Å². The van der Waals surface area contributed by atoms with Gasteiger partial charge in [-0.15, -0.1) is 0 Å². The number of aryl methyl sites for hydroxylation is 2. The Morgan fingerprint density at radius 1 is 1.37 bits per heavy atom. The van der Waals surface area contributed by atoms with E-state index in [1.807, 2.05) is 13.8 Å². The summed E-state index contributed by atoms with van der Waals surface area (Å²) in [5, 5.41) is 14.3. The van der Waals surface area contributed by atoms with Crippen LogP contribution in [0.2, 0.25) is 5.02 Å². The van der Waals surface area contributed by atoms with Crippen molar-refractivity contribution in [3.05, 3.63) is 57.2 Å². The number of hydrogen-bond donors (Lipinski definition) is 1. The number of carbonyl (C=O) groups is 1. The zero-order valence-corrected chi connectivity index (χ0v) is 17.7. The smallest absolute Gasteiger partial charge is 0.258 e. The maximum absolute atomic E-state index is 13.8.